The zero-order valence-electron chi connectivity index (χ0n) is 6.77. The van der Waals surface area contributed by atoms with Crippen LogP contribution in [0.5, 0.6) is 0 Å². The number of hydrogen-bond acceptors (Lipinski definition) is 2. The second-order valence-corrected chi connectivity index (χ2v) is 3.34. The fourth-order valence-electron chi connectivity index (χ4n) is 0.941. The fourth-order valence-corrected chi connectivity index (χ4v) is 0.941. The number of hydrogen-bond donors (Lipinski definition) is 1. The number of carbonyl (C=O) groups excluding carboxylic acids is 1. The normalized spacial score (nSPS) is 16.9. The average molecular weight is 143 g/mol. The van der Waals surface area contributed by atoms with E-state index in [1.54, 1.807) is 6.92 Å². The molecule has 1 radical (unpaired) electrons. The maximum Gasteiger partial charge on any atom is 0.258 e. The first kappa shape index (κ1) is 9.43. The van der Waals surface area contributed by atoms with Gasteiger partial charge in [0.15, 0.2) is 0 Å². The van der Waals surface area contributed by atoms with Crippen molar-refractivity contribution in [1.29, 1.82) is 0 Å². The van der Waals surface area contributed by atoms with Gasteiger partial charge in [-0.2, -0.15) is 0 Å². The molecule has 59 valence electrons. The molecule has 3 heteroatoms. The zero-order chi connectivity index (χ0) is 8.36. The van der Waals surface area contributed by atoms with E-state index in [4.69, 9.17) is 11.5 Å². The van der Waals surface area contributed by atoms with Crippen LogP contribution in [0.3, 0.4) is 0 Å². The monoisotopic (exact) mass is 143 g/mol. The van der Waals surface area contributed by atoms with Gasteiger partial charge < -0.3 is 5.73 Å². The average Bonchev–Trinajstić information content (AvgIpc) is 1.60. The van der Waals surface area contributed by atoms with Crippen LogP contribution in [-0.4, -0.2) is 11.4 Å². The Morgan fingerprint density at radius 2 is 2.10 bits per heavy atom. The molecule has 1 unspecified atom stereocenters. The summed E-state index contributed by atoms with van der Waals surface area (Å²) in [6.45, 7) is 5.56. The first-order valence-electron chi connectivity index (χ1n) is 3.41. The summed E-state index contributed by atoms with van der Waals surface area (Å²) >= 11 is 0. The van der Waals surface area contributed by atoms with Gasteiger partial charge in [-0.15, -0.1) is 0 Å². The SMILES string of the molecule is CC(C)CC(C)(N)C([NH])=O. The van der Waals surface area contributed by atoms with Crippen LogP contribution in [0.25, 0.3) is 0 Å². The van der Waals surface area contributed by atoms with Gasteiger partial charge in [-0.25, -0.2) is 0 Å². The lowest BCUT2D eigenvalue weighted by molar-refractivity contribution is -0.123. The molecule has 0 bridgehead atoms. The summed E-state index contributed by atoms with van der Waals surface area (Å²) in [5.41, 5.74) is 11.4. The van der Waals surface area contributed by atoms with E-state index in [-0.39, 0.29) is 0 Å². The Labute approximate surface area is 61.8 Å². The molecule has 0 saturated carbocycles. The summed E-state index contributed by atoms with van der Waals surface area (Å²) in [7, 11) is 0. The van der Waals surface area contributed by atoms with E-state index in [1.807, 2.05) is 13.8 Å². The molecular weight excluding hydrogens is 128 g/mol. The van der Waals surface area contributed by atoms with Crippen molar-refractivity contribution in [3.8, 4) is 0 Å². The molecule has 0 spiro atoms. The molecule has 0 rings (SSSR count). The lowest BCUT2D eigenvalue weighted by Gasteiger charge is -2.21. The summed E-state index contributed by atoms with van der Waals surface area (Å²) in [4.78, 5) is 10.5. The molecule has 0 aliphatic carbocycles. The zero-order valence-corrected chi connectivity index (χ0v) is 6.77. The number of nitrogens with two attached hydrogens (primary N) is 1. The molecule has 10 heavy (non-hydrogen) atoms. The number of rotatable bonds is 3. The number of nitrogens with one attached hydrogen (secondary N) is 1. The van der Waals surface area contributed by atoms with E-state index in [0.29, 0.717) is 12.3 Å². The predicted octanol–water partition coefficient (Wildman–Crippen LogP) is 0.559. The van der Waals surface area contributed by atoms with E-state index in [0.717, 1.165) is 0 Å². The molecule has 0 aromatic heterocycles. The van der Waals surface area contributed by atoms with Crippen molar-refractivity contribution in [2.45, 2.75) is 32.7 Å². The Balaban J connectivity index is 4.00. The standard InChI is InChI=1S/C7H15N2O/c1-5(2)4-7(3,9)6(8)10/h5,8H,4,9H2,1-3H3. The molecule has 3 nitrogen and oxygen atoms in total. The Morgan fingerprint density at radius 1 is 1.70 bits per heavy atom. The van der Waals surface area contributed by atoms with Gasteiger partial charge in [0.25, 0.3) is 5.91 Å². The molecule has 0 aromatic rings. The van der Waals surface area contributed by atoms with E-state index in [2.05, 4.69) is 0 Å². The van der Waals surface area contributed by atoms with Crippen LogP contribution in [0.15, 0.2) is 0 Å². The summed E-state index contributed by atoms with van der Waals surface area (Å²) in [5.74, 6) is -0.314. The number of carbonyl (C=O) groups is 1. The van der Waals surface area contributed by atoms with Crippen molar-refractivity contribution in [2.24, 2.45) is 11.7 Å². The van der Waals surface area contributed by atoms with Gasteiger partial charge in [0.05, 0.1) is 5.54 Å². The Bertz CT molecular complexity index is 130. The smallest absolute Gasteiger partial charge is 0.258 e. The van der Waals surface area contributed by atoms with Crippen LogP contribution in [0, 0.1) is 5.92 Å². The summed E-state index contributed by atoms with van der Waals surface area (Å²) in [6, 6.07) is 0. The van der Waals surface area contributed by atoms with E-state index in [1.165, 1.54) is 0 Å². The quantitative estimate of drug-likeness (QED) is 0.627. The van der Waals surface area contributed by atoms with E-state index in [9.17, 15) is 4.79 Å². The molecular formula is C7H15N2O. The largest absolute Gasteiger partial charge is 0.318 e. The van der Waals surface area contributed by atoms with Crippen molar-refractivity contribution in [1.82, 2.24) is 5.73 Å². The van der Waals surface area contributed by atoms with Crippen molar-refractivity contribution in [3.05, 3.63) is 0 Å². The van der Waals surface area contributed by atoms with Crippen LogP contribution in [0.4, 0.5) is 0 Å². The second kappa shape index (κ2) is 3.01. The highest BCUT2D eigenvalue weighted by molar-refractivity contribution is 5.83. The minimum Gasteiger partial charge on any atom is -0.318 e. The molecule has 0 fully saturated rings. The van der Waals surface area contributed by atoms with E-state index >= 15 is 0 Å². The molecule has 0 saturated heterocycles. The number of amides is 1. The Kier molecular flexibility index (Phi) is 2.84. The molecule has 0 aromatic carbocycles. The first-order chi connectivity index (χ1) is 4.36. The Hall–Kier alpha value is -0.570. The van der Waals surface area contributed by atoms with Gasteiger partial charge >= 0.3 is 0 Å². The predicted molar refractivity (Wildman–Crippen MR) is 40.2 cm³/mol. The molecule has 0 aliphatic heterocycles. The molecule has 0 aliphatic rings. The fraction of sp³-hybridized carbons (Fsp3) is 0.857. The summed E-state index contributed by atoms with van der Waals surface area (Å²) < 4.78 is 0. The van der Waals surface area contributed by atoms with Crippen LogP contribution in [0.2, 0.25) is 0 Å². The third-order valence-electron chi connectivity index (χ3n) is 1.35. The van der Waals surface area contributed by atoms with Crippen molar-refractivity contribution < 1.29 is 4.79 Å². The van der Waals surface area contributed by atoms with Crippen molar-refractivity contribution in [2.75, 3.05) is 0 Å². The van der Waals surface area contributed by atoms with Gasteiger partial charge in [-0.05, 0) is 19.3 Å². The molecule has 0 heterocycles. The lowest BCUT2D eigenvalue weighted by atomic mass is 9.91. The second-order valence-electron chi connectivity index (χ2n) is 3.34. The summed E-state index contributed by atoms with van der Waals surface area (Å²) in [6.07, 6.45) is 0.579. The minimum absolute atomic E-state index is 0.365. The van der Waals surface area contributed by atoms with Gasteiger partial charge in [-0.1, -0.05) is 13.8 Å². The van der Waals surface area contributed by atoms with Crippen molar-refractivity contribution in [3.63, 3.8) is 0 Å². The van der Waals surface area contributed by atoms with Gasteiger partial charge in [-0.3, -0.25) is 10.5 Å². The summed E-state index contributed by atoms with van der Waals surface area (Å²) in [5, 5.41) is 0. The molecule has 1 amide bonds. The van der Waals surface area contributed by atoms with Gasteiger partial charge in [0.2, 0.25) is 0 Å². The van der Waals surface area contributed by atoms with Crippen LogP contribution < -0.4 is 11.5 Å². The highest BCUT2D eigenvalue weighted by Crippen LogP contribution is 2.12. The third kappa shape index (κ3) is 2.82. The highest BCUT2D eigenvalue weighted by Gasteiger charge is 2.26. The Morgan fingerprint density at radius 3 is 2.20 bits per heavy atom. The van der Waals surface area contributed by atoms with Crippen LogP contribution >= 0.6 is 0 Å². The first-order valence-corrected chi connectivity index (χ1v) is 3.41. The van der Waals surface area contributed by atoms with Crippen LogP contribution in [-0.2, 0) is 4.79 Å². The van der Waals surface area contributed by atoms with Crippen molar-refractivity contribution >= 4 is 5.91 Å². The molecule has 3 N–H and O–H groups in total. The topological polar surface area (TPSA) is 66.9 Å². The maximum absolute atomic E-state index is 10.5. The minimum atomic E-state index is -0.950. The highest BCUT2D eigenvalue weighted by atomic mass is 16.1. The van der Waals surface area contributed by atoms with E-state index < -0.39 is 11.4 Å². The third-order valence-corrected chi connectivity index (χ3v) is 1.35. The van der Waals surface area contributed by atoms with Gasteiger partial charge in [0.1, 0.15) is 0 Å². The molecule has 1 atom stereocenters. The lowest BCUT2D eigenvalue weighted by Crippen LogP contribution is -2.46. The van der Waals surface area contributed by atoms with Crippen LogP contribution in [0.1, 0.15) is 27.2 Å². The maximum atomic E-state index is 10.5. The van der Waals surface area contributed by atoms with Gasteiger partial charge in [0, 0.05) is 0 Å².